The van der Waals surface area contributed by atoms with Gasteiger partial charge in [0.05, 0.1) is 11.2 Å². The maximum absolute atomic E-state index is 5.51. The molecule has 0 N–H and O–H groups in total. The summed E-state index contributed by atoms with van der Waals surface area (Å²) in [6.07, 6.45) is 21.0. The third-order valence-corrected chi connectivity index (χ3v) is 12.8. The van der Waals surface area contributed by atoms with Gasteiger partial charge in [0.1, 0.15) is 0 Å². The average Bonchev–Trinajstić information content (AvgIpc) is 3.15. The second kappa shape index (κ2) is 12.3. The summed E-state index contributed by atoms with van der Waals surface area (Å²) in [6.45, 7) is 2.27. The van der Waals surface area contributed by atoms with E-state index in [1.807, 2.05) is 0 Å². The van der Waals surface area contributed by atoms with Crippen molar-refractivity contribution in [3.63, 3.8) is 0 Å². The molecule has 6 aromatic rings. The first-order chi connectivity index (χ1) is 23.7. The molecule has 5 aromatic carbocycles. The number of fused-ring (bicyclic) bond motifs is 8. The predicted octanol–water partition coefficient (Wildman–Crippen LogP) is 11.7. The number of allylic oxidation sites excluding steroid dienone is 6. The lowest BCUT2D eigenvalue weighted by Crippen LogP contribution is -2.13. The number of pyridine rings is 1. The molecule has 0 aliphatic heterocycles. The molecule has 9 rings (SSSR count). The van der Waals surface area contributed by atoms with Crippen molar-refractivity contribution < 1.29 is 0 Å². The van der Waals surface area contributed by atoms with Crippen LogP contribution in [-0.4, -0.2) is 4.98 Å². The van der Waals surface area contributed by atoms with Crippen LogP contribution in [0.25, 0.3) is 56.2 Å². The van der Waals surface area contributed by atoms with E-state index in [9.17, 15) is 0 Å². The highest BCUT2D eigenvalue weighted by molar-refractivity contribution is 7.77. The van der Waals surface area contributed by atoms with E-state index in [0.717, 1.165) is 48.9 Å². The summed E-state index contributed by atoms with van der Waals surface area (Å²) in [5.41, 5.74) is 13.1. The molecule has 0 bridgehead atoms. The number of hydrogen-bond acceptors (Lipinski definition) is 1. The van der Waals surface area contributed by atoms with Crippen molar-refractivity contribution in [3.05, 3.63) is 161 Å². The maximum Gasteiger partial charge on any atom is 0.0797 e. The quantitative estimate of drug-likeness (QED) is 0.136. The van der Waals surface area contributed by atoms with Gasteiger partial charge in [-0.15, -0.1) is 0 Å². The third kappa shape index (κ3) is 5.09. The van der Waals surface area contributed by atoms with Crippen molar-refractivity contribution in [3.8, 4) is 22.4 Å². The van der Waals surface area contributed by atoms with Crippen LogP contribution in [0.15, 0.2) is 138 Å². The molecule has 1 unspecified atom stereocenters. The van der Waals surface area contributed by atoms with Crippen molar-refractivity contribution in [1.29, 1.82) is 0 Å². The predicted molar refractivity (Wildman–Crippen MR) is 209 cm³/mol. The molecule has 0 saturated carbocycles. The Kier molecular flexibility index (Phi) is 7.52. The fourth-order valence-electron chi connectivity index (χ4n) is 8.00. The molecule has 1 heterocycles. The SMILES string of the molecule is CC1=CC(P(c2ccccc2)c2ccc(-c3ccc(-c4nc5c6c(c7c(c5c5ccccc45)C=CCC7)CCC=C6)cc3)cc2)=CCC1. The molecule has 1 atom stereocenters. The lowest BCUT2D eigenvalue weighted by Gasteiger charge is -2.24. The van der Waals surface area contributed by atoms with Crippen molar-refractivity contribution in [2.75, 3.05) is 0 Å². The van der Waals surface area contributed by atoms with E-state index in [-0.39, 0.29) is 0 Å². The van der Waals surface area contributed by atoms with Gasteiger partial charge in [0.25, 0.3) is 0 Å². The van der Waals surface area contributed by atoms with Crippen molar-refractivity contribution in [2.24, 2.45) is 0 Å². The Bertz CT molecular complexity index is 2320. The Morgan fingerprint density at radius 2 is 1.17 bits per heavy atom. The molecule has 1 aromatic heterocycles. The van der Waals surface area contributed by atoms with Gasteiger partial charge >= 0.3 is 0 Å². The largest absolute Gasteiger partial charge is 0.246 e. The van der Waals surface area contributed by atoms with E-state index in [0.29, 0.717) is 0 Å². The molecule has 232 valence electrons. The van der Waals surface area contributed by atoms with Gasteiger partial charge in [-0.1, -0.05) is 145 Å². The maximum atomic E-state index is 5.51. The molecule has 0 saturated heterocycles. The van der Waals surface area contributed by atoms with Crippen LogP contribution in [0.5, 0.6) is 0 Å². The van der Waals surface area contributed by atoms with E-state index in [2.05, 4.69) is 147 Å². The smallest absolute Gasteiger partial charge is 0.0797 e. The van der Waals surface area contributed by atoms with E-state index >= 15 is 0 Å². The number of benzene rings is 5. The molecule has 0 radical (unpaired) electrons. The summed E-state index contributed by atoms with van der Waals surface area (Å²) >= 11 is 0. The number of aromatic nitrogens is 1. The van der Waals surface area contributed by atoms with Crippen LogP contribution in [0.3, 0.4) is 0 Å². The number of rotatable bonds is 5. The van der Waals surface area contributed by atoms with Gasteiger partial charge in [-0.05, 0) is 102 Å². The van der Waals surface area contributed by atoms with Gasteiger partial charge in [-0.2, -0.15) is 0 Å². The molecule has 0 spiro atoms. The zero-order valence-electron chi connectivity index (χ0n) is 27.4. The lowest BCUT2D eigenvalue weighted by atomic mass is 9.81. The van der Waals surface area contributed by atoms with Gasteiger partial charge in [0.15, 0.2) is 0 Å². The summed E-state index contributed by atoms with van der Waals surface area (Å²) in [7, 11) is -0.584. The lowest BCUT2D eigenvalue weighted by molar-refractivity contribution is 0.910. The molecule has 1 nitrogen and oxygen atoms in total. The van der Waals surface area contributed by atoms with Gasteiger partial charge in [-0.25, -0.2) is 4.98 Å². The van der Waals surface area contributed by atoms with Crippen LogP contribution in [0.4, 0.5) is 0 Å². The van der Waals surface area contributed by atoms with Gasteiger partial charge < -0.3 is 0 Å². The van der Waals surface area contributed by atoms with Crippen LogP contribution < -0.4 is 10.6 Å². The first-order valence-corrected chi connectivity index (χ1v) is 18.7. The number of hydrogen-bond donors (Lipinski definition) is 0. The van der Waals surface area contributed by atoms with E-state index in [4.69, 9.17) is 4.98 Å². The standard InChI is InChI=1S/C46H38NP/c1-31-12-11-15-37(30-31)48(35-13-3-2-4-14-35)36-28-26-33(27-29-36)32-22-24-34(25-23-32)45-43-21-10-8-19-41(43)44-40-18-7-5-16-38(40)39-17-6-9-20-42(39)46(44)47-45/h2-4,7-10,13-15,18-30H,5-6,11-12,16-17H2,1H3. The normalized spacial score (nSPS) is 15.9. The number of nitrogens with zero attached hydrogens (tertiary/aromatic N) is 1. The minimum absolute atomic E-state index is 0.584. The second-order valence-electron chi connectivity index (χ2n) is 13.3. The zero-order valence-corrected chi connectivity index (χ0v) is 28.3. The first kappa shape index (κ1) is 29.3. The Morgan fingerprint density at radius 1 is 0.562 bits per heavy atom. The molecule has 0 fully saturated rings. The Morgan fingerprint density at radius 3 is 1.90 bits per heavy atom. The van der Waals surface area contributed by atoms with Crippen LogP contribution in [0.2, 0.25) is 0 Å². The van der Waals surface area contributed by atoms with Gasteiger partial charge in [0, 0.05) is 21.9 Å². The van der Waals surface area contributed by atoms with Crippen molar-refractivity contribution >= 4 is 52.4 Å². The summed E-state index contributed by atoms with van der Waals surface area (Å²) < 4.78 is 0. The molecule has 48 heavy (non-hydrogen) atoms. The van der Waals surface area contributed by atoms with E-state index in [1.165, 1.54) is 77.5 Å². The Labute approximate surface area is 284 Å². The zero-order chi connectivity index (χ0) is 32.0. The highest BCUT2D eigenvalue weighted by Crippen LogP contribution is 2.46. The van der Waals surface area contributed by atoms with Crippen molar-refractivity contribution in [1.82, 2.24) is 4.98 Å². The molecule has 2 heteroatoms. The van der Waals surface area contributed by atoms with Crippen LogP contribution >= 0.6 is 7.92 Å². The first-order valence-electron chi connectivity index (χ1n) is 17.4. The average molecular weight is 636 g/mol. The van der Waals surface area contributed by atoms with Crippen LogP contribution in [-0.2, 0) is 12.8 Å². The highest BCUT2D eigenvalue weighted by Gasteiger charge is 2.24. The van der Waals surface area contributed by atoms with E-state index < -0.39 is 7.92 Å². The van der Waals surface area contributed by atoms with Crippen LogP contribution in [0, 0.1) is 0 Å². The molecular formula is C46H38NP. The summed E-state index contributed by atoms with van der Waals surface area (Å²) in [6, 6.07) is 38.3. The topological polar surface area (TPSA) is 12.9 Å². The third-order valence-electron chi connectivity index (χ3n) is 10.3. The summed E-state index contributed by atoms with van der Waals surface area (Å²) in [5.74, 6) is 0. The van der Waals surface area contributed by atoms with Gasteiger partial charge in [0.2, 0.25) is 0 Å². The van der Waals surface area contributed by atoms with Gasteiger partial charge in [-0.3, -0.25) is 0 Å². The summed E-state index contributed by atoms with van der Waals surface area (Å²) in [5, 5.41) is 8.11. The Balaban J connectivity index is 1.11. The second-order valence-corrected chi connectivity index (χ2v) is 15.6. The highest BCUT2D eigenvalue weighted by atomic mass is 31.1. The minimum Gasteiger partial charge on any atom is -0.246 e. The minimum atomic E-state index is -0.584. The van der Waals surface area contributed by atoms with Crippen molar-refractivity contribution in [2.45, 2.75) is 45.4 Å². The van der Waals surface area contributed by atoms with E-state index in [1.54, 1.807) is 0 Å². The summed E-state index contributed by atoms with van der Waals surface area (Å²) in [4.78, 5) is 5.51. The fourth-order valence-corrected chi connectivity index (χ4v) is 10.5. The molecular weight excluding hydrogens is 597 g/mol. The molecule has 0 amide bonds. The molecule has 3 aliphatic rings. The fraction of sp³-hybridized carbons (Fsp3) is 0.152. The van der Waals surface area contributed by atoms with Crippen LogP contribution in [0.1, 0.15) is 54.9 Å². The Hall–Kier alpha value is -4.84. The molecule has 3 aliphatic carbocycles. The monoisotopic (exact) mass is 635 g/mol.